The van der Waals surface area contributed by atoms with Gasteiger partial charge in [-0.2, -0.15) is 11.8 Å². The fraction of sp³-hybridized carbons (Fsp3) is 0.778. The molecule has 0 radical (unpaired) electrons. The number of thiocarbonyl (C=S) groups is 1. The zero-order valence-corrected chi connectivity index (χ0v) is 10.4. The van der Waals surface area contributed by atoms with Gasteiger partial charge in [-0.3, -0.25) is 0 Å². The molecule has 0 fully saturated rings. The van der Waals surface area contributed by atoms with E-state index in [1.54, 1.807) is 11.8 Å². The number of nitrogens with zero attached hydrogens (tertiary/aromatic N) is 1. The second kappa shape index (κ2) is 6.85. The van der Waals surface area contributed by atoms with Crippen LogP contribution in [0.3, 0.4) is 0 Å². The molecule has 13 heavy (non-hydrogen) atoms. The summed E-state index contributed by atoms with van der Waals surface area (Å²) in [5.74, 6) is 3.54. The molecule has 1 aliphatic heterocycles. The highest BCUT2D eigenvalue weighted by molar-refractivity contribution is 8.23. The van der Waals surface area contributed by atoms with Crippen molar-refractivity contribution in [3.63, 3.8) is 0 Å². The molecule has 0 spiro atoms. The fourth-order valence-electron chi connectivity index (χ4n) is 1.01. The Bertz CT molecular complexity index is 201. The van der Waals surface area contributed by atoms with E-state index >= 15 is 0 Å². The summed E-state index contributed by atoms with van der Waals surface area (Å²) in [5.41, 5.74) is 1.29. The first-order chi connectivity index (χ1) is 6.33. The quantitative estimate of drug-likeness (QED) is 0.515. The molecule has 4 heteroatoms. The van der Waals surface area contributed by atoms with Gasteiger partial charge in [0, 0.05) is 11.5 Å². The molecule has 0 unspecified atom stereocenters. The lowest BCUT2D eigenvalue weighted by Crippen LogP contribution is -1.99. The van der Waals surface area contributed by atoms with Crippen LogP contribution in [0.4, 0.5) is 0 Å². The maximum atomic E-state index is 4.99. The molecule has 0 N–H and O–H groups in total. The molecule has 0 atom stereocenters. The topological polar surface area (TPSA) is 12.4 Å². The van der Waals surface area contributed by atoms with Crippen LogP contribution in [-0.4, -0.2) is 27.3 Å². The van der Waals surface area contributed by atoms with Crippen molar-refractivity contribution in [3.8, 4) is 0 Å². The van der Waals surface area contributed by atoms with Crippen molar-refractivity contribution in [2.24, 2.45) is 4.99 Å². The first kappa shape index (κ1) is 11.5. The third kappa shape index (κ3) is 5.03. The van der Waals surface area contributed by atoms with Crippen LogP contribution >= 0.6 is 35.7 Å². The standard InChI is InChI=1S/C9H15NS3/c1-2-3-5-12-6-4-8-7-13-9(11)10-8/h2-7H2,1H3. The van der Waals surface area contributed by atoms with E-state index in [0.717, 1.165) is 16.5 Å². The molecular weight excluding hydrogens is 218 g/mol. The van der Waals surface area contributed by atoms with Gasteiger partial charge in [-0.25, -0.2) is 4.99 Å². The smallest absolute Gasteiger partial charge is 0.160 e. The van der Waals surface area contributed by atoms with Crippen molar-refractivity contribution < 1.29 is 0 Å². The largest absolute Gasteiger partial charge is 0.238 e. The van der Waals surface area contributed by atoms with Gasteiger partial charge in [0.1, 0.15) is 0 Å². The van der Waals surface area contributed by atoms with Gasteiger partial charge in [-0.1, -0.05) is 37.3 Å². The van der Waals surface area contributed by atoms with Crippen LogP contribution < -0.4 is 0 Å². The lowest BCUT2D eigenvalue weighted by atomic mass is 10.3. The molecule has 0 aliphatic carbocycles. The molecule has 0 aromatic carbocycles. The molecule has 0 saturated carbocycles. The van der Waals surface area contributed by atoms with E-state index in [1.165, 1.54) is 30.1 Å². The lowest BCUT2D eigenvalue weighted by molar-refractivity contribution is 0.896. The number of hydrogen-bond donors (Lipinski definition) is 0. The van der Waals surface area contributed by atoms with Gasteiger partial charge in [-0.15, -0.1) is 0 Å². The minimum Gasteiger partial charge on any atom is -0.238 e. The molecule has 74 valence electrons. The van der Waals surface area contributed by atoms with Crippen LogP contribution in [-0.2, 0) is 0 Å². The summed E-state index contributed by atoms with van der Waals surface area (Å²) >= 11 is 8.71. The minimum atomic E-state index is 0.827. The molecule has 1 heterocycles. The number of hydrogen-bond acceptors (Lipinski definition) is 3. The predicted molar refractivity (Wildman–Crippen MR) is 69.3 cm³/mol. The van der Waals surface area contributed by atoms with Crippen molar-refractivity contribution >= 4 is 45.8 Å². The Morgan fingerprint density at radius 2 is 2.38 bits per heavy atom. The summed E-state index contributed by atoms with van der Waals surface area (Å²) in [4.78, 5) is 4.30. The summed E-state index contributed by atoms with van der Waals surface area (Å²) in [6.07, 6.45) is 3.76. The maximum Gasteiger partial charge on any atom is 0.160 e. The Kier molecular flexibility index (Phi) is 6.07. The van der Waals surface area contributed by atoms with E-state index in [1.807, 2.05) is 11.8 Å². The predicted octanol–water partition coefficient (Wildman–Crippen LogP) is 3.38. The molecule has 0 aromatic rings. The van der Waals surface area contributed by atoms with Crippen LogP contribution in [0, 0.1) is 0 Å². The van der Waals surface area contributed by atoms with Gasteiger partial charge >= 0.3 is 0 Å². The Morgan fingerprint density at radius 3 is 3.00 bits per heavy atom. The first-order valence-corrected chi connectivity index (χ1v) is 7.18. The van der Waals surface area contributed by atoms with Gasteiger partial charge in [0.2, 0.25) is 0 Å². The molecular formula is C9H15NS3. The first-order valence-electron chi connectivity index (χ1n) is 4.64. The van der Waals surface area contributed by atoms with Crippen molar-refractivity contribution in [1.82, 2.24) is 0 Å². The summed E-state index contributed by atoms with van der Waals surface area (Å²) in [6.45, 7) is 2.23. The Labute approximate surface area is 94.2 Å². The summed E-state index contributed by atoms with van der Waals surface area (Å²) < 4.78 is 0.827. The Morgan fingerprint density at radius 1 is 1.54 bits per heavy atom. The second-order valence-corrected chi connectivity index (χ2v) is 5.78. The normalized spacial score (nSPS) is 16.4. The maximum absolute atomic E-state index is 4.99. The second-order valence-electron chi connectivity index (χ2n) is 2.95. The zero-order chi connectivity index (χ0) is 9.52. The molecule has 0 bridgehead atoms. The third-order valence-electron chi connectivity index (χ3n) is 1.79. The van der Waals surface area contributed by atoms with Crippen LogP contribution in [0.25, 0.3) is 0 Å². The molecule has 0 saturated heterocycles. The molecule has 0 amide bonds. The molecule has 1 aliphatic rings. The van der Waals surface area contributed by atoms with E-state index < -0.39 is 0 Å². The molecule has 0 aromatic heterocycles. The highest BCUT2D eigenvalue weighted by Gasteiger charge is 2.10. The average molecular weight is 233 g/mol. The van der Waals surface area contributed by atoms with E-state index in [-0.39, 0.29) is 0 Å². The SMILES string of the molecule is CCCCSCCC1=NC(=S)SC1. The number of thioether (sulfide) groups is 2. The van der Waals surface area contributed by atoms with Crippen LogP contribution in [0.2, 0.25) is 0 Å². The van der Waals surface area contributed by atoms with Crippen LogP contribution in [0.1, 0.15) is 26.2 Å². The fourth-order valence-corrected chi connectivity index (χ4v) is 3.08. The van der Waals surface area contributed by atoms with Gasteiger partial charge in [0.15, 0.2) is 4.32 Å². The zero-order valence-electron chi connectivity index (χ0n) is 7.91. The Balaban J connectivity index is 2.00. The molecule has 1 rings (SSSR count). The molecule has 1 nitrogen and oxygen atoms in total. The summed E-state index contributed by atoms with van der Waals surface area (Å²) in [7, 11) is 0. The van der Waals surface area contributed by atoms with Crippen molar-refractivity contribution in [3.05, 3.63) is 0 Å². The van der Waals surface area contributed by atoms with E-state index in [4.69, 9.17) is 12.2 Å². The average Bonchev–Trinajstić information content (AvgIpc) is 2.51. The van der Waals surface area contributed by atoms with E-state index in [0.29, 0.717) is 0 Å². The Hall–Kier alpha value is 0.460. The van der Waals surface area contributed by atoms with Crippen molar-refractivity contribution in [1.29, 1.82) is 0 Å². The minimum absolute atomic E-state index is 0.827. The summed E-state index contributed by atoms with van der Waals surface area (Å²) in [5, 5.41) is 0. The van der Waals surface area contributed by atoms with E-state index in [9.17, 15) is 0 Å². The third-order valence-corrected chi connectivity index (χ3v) is 4.12. The highest BCUT2D eigenvalue weighted by Crippen LogP contribution is 2.17. The van der Waals surface area contributed by atoms with Gasteiger partial charge in [-0.05, 0) is 24.3 Å². The van der Waals surface area contributed by atoms with Gasteiger partial charge < -0.3 is 0 Å². The number of aliphatic imine (C=N–C) groups is 1. The number of unbranched alkanes of at least 4 members (excludes halogenated alkanes) is 1. The number of rotatable bonds is 6. The van der Waals surface area contributed by atoms with Gasteiger partial charge in [0.05, 0.1) is 0 Å². The van der Waals surface area contributed by atoms with Crippen LogP contribution in [0.15, 0.2) is 4.99 Å². The monoisotopic (exact) mass is 233 g/mol. The van der Waals surface area contributed by atoms with Crippen LogP contribution in [0.5, 0.6) is 0 Å². The van der Waals surface area contributed by atoms with Crippen molar-refractivity contribution in [2.45, 2.75) is 26.2 Å². The van der Waals surface area contributed by atoms with E-state index in [2.05, 4.69) is 11.9 Å². The highest BCUT2D eigenvalue weighted by atomic mass is 32.2. The van der Waals surface area contributed by atoms with Gasteiger partial charge in [0.25, 0.3) is 0 Å². The lowest BCUT2D eigenvalue weighted by Gasteiger charge is -1.99. The van der Waals surface area contributed by atoms with Crippen molar-refractivity contribution in [2.75, 3.05) is 17.3 Å². The summed E-state index contributed by atoms with van der Waals surface area (Å²) in [6, 6.07) is 0.